The van der Waals surface area contributed by atoms with Gasteiger partial charge in [-0.05, 0) is 44.8 Å². The lowest BCUT2D eigenvalue weighted by Gasteiger charge is -2.31. The van der Waals surface area contributed by atoms with Crippen LogP contribution in [0.3, 0.4) is 0 Å². The minimum Gasteiger partial charge on any atom is -0.301 e. The van der Waals surface area contributed by atoms with E-state index in [0.717, 1.165) is 51.3 Å². The first kappa shape index (κ1) is 14.9. The van der Waals surface area contributed by atoms with Crippen molar-refractivity contribution in [3.8, 4) is 0 Å². The van der Waals surface area contributed by atoms with Crippen molar-refractivity contribution >= 4 is 0 Å². The van der Waals surface area contributed by atoms with E-state index in [1.54, 1.807) is 29.5 Å². The van der Waals surface area contributed by atoms with Crippen molar-refractivity contribution < 1.29 is 0 Å². The molecule has 0 aromatic carbocycles. The van der Waals surface area contributed by atoms with Crippen molar-refractivity contribution in [3.63, 3.8) is 0 Å². The van der Waals surface area contributed by atoms with Crippen molar-refractivity contribution in [2.24, 2.45) is 5.92 Å². The molecule has 0 N–H and O–H groups in total. The summed E-state index contributed by atoms with van der Waals surface area (Å²) in [5, 5.41) is 8.45. The molecule has 7 heteroatoms. The molecule has 0 radical (unpaired) electrons. The van der Waals surface area contributed by atoms with Gasteiger partial charge in [0.1, 0.15) is 12.7 Å². The van der Waals surface area contributed by atoms with Gasteiger partial charge in [0.15, 0.2) is 0 Å². The molecule has 0 unspecified atom stereocenters. The third-order valence-electron chi connectivity index (χ3n) is 4.25. The van der Waals surface area contributed by atoms with Gasteiger partial charge in [-0.15, -0.1) is 0 Å². The minimum atomic E-state index is -0.000730. The fraction of sp³-hybridized carbons (Fsp3) is 0.600. The van der Waals surface area contributed by atoms with E-state index in [1.807, 2.05) is 11.6 Å². The van der Waals surface area contributed by atoms with Crippen LogP contribution in [-0.4, -0.2) is 49.1 Å². The van der Waals surface area contributed by atoms with Gasteiger partial charge >= 0.3 is 0 Å². The summed E-state index contributed by atoms with van der Waals surface area (Å²) in [5.41, 5.74) is 0.893. The predicted molar refractivity (Wildman–Crippen MR) is 82.4 cm³/mol. The van der Waals surface area contributed by atoms with E-state index in [2.05, 4.69) is 20.1 Å². The SMILES string of the molecule is Cc1ccc(=O)n(CC2CCN(CCn3cncn3)CC2)n1. The van der Waals surface area contributed by atoms with Crippen LogP contribution in [0, 0.1) is 12.8 Å². The third kappa shape index (κ3) is 3.79. The van der Waals surface area contributed by atoms with Gasteiger partial charge in [-0.1, -0.05) is 0 Å². The van der Waals surface area contributed by atoms with Gasteiger partial charge in [0.05, 0.1) is 12.2 Å². The zero-order chi connectivity index (χ0) is 15.4. The van der Waals surface area contributed by atoms with Gasteiger partial charge in [-0.2, -0.15) is 10.2 Å². The molecule has 118 valence electrons. The zero-order valence-corrected chi connectivity index (χ0v) is 12.9. The van der Waals surface area contributed by atoms with Crippen LogP contribution in [0.4, 0.5) is 0 Å². The average Bonchev–Trinajstić information content (AvgIpc) is 3.04. The summed E-state index contributed by atoms with van der Waals surface area (Å²) in [5.74, 6) is 0.537. The second-order valence-electron chi connectivity index (χ2n) is 5.94. The molecule has 22 heavy (non-hydrogen) atoms. The number of hydrogen-bond acceptors (Lipinski definition) is 5. The third-order valence-corrected chi connectivity index (χ3v) is 4.25. The lowest BCUT2D eigenvalue weighted by Crippen LogP contribution is -2.38. The van der Waals surface area contributed by atoms with E-state index < -0.39 is 0 Å². The molecule has 1 fully saturated rings. The molecule has 7 nitrogen and oxygen atoms in total. The molecular weight excluding hydrogens is 280 g/mol. The van der Waals surface area contributed by atoms with Crippen LogP contribution in [0.5, 0.6) is 0 Å². The van der Waals surface area contributed by atoms with Crippen LogP contribution in [0.25, 0.3) is 0 Å². The van der Waals surface area contributed by atoms with Gasteiger partial charge in [-0.3, -0.25) is 9.48 Å². The van der Waals surface area contributed by atoms with Crippen LogP contribution in [0.15, 0.2) is 29.6 Å². The Morgan fingerprint density at radius 1 is 1.23 bits per heavy atom. The monoisotopic (exact) mass is 302 g/mol. The quantitative estimate of drug-likeness (QED) is 0.807. The number of nitrogens with zero attached hydrogens (tertiary/aromatic N) is 6. The molecule has 0 amide bonds. The lowest BCUT2D eigenvalue weighted by atomic mass is 9.97. The Bertz CT molecular complexity index is 642. The molecular formula is C15H22N6O. The van der Waals surface area contributed by atoms with Crippen molar-refractivity contribution in [2.75, 3.05) is 19.6 Å². The number of piperidine rings is 1. The summed E-state index contributed by atoms with van der Waals surface area (Å²) in [4.78, 5) is 18.2. The smallest absolute Gasteiger partial charge is 0.266 e. The highest BCUT2D eigenvalue weighted by molar-refractivity contribution is 4.97. The topological polar surface area (TPSA) is 68.8 Å². The Balaban J connectivity index is 1.47. The first-order chi connectivity index (χ1) is 10.7. The Hall–Kier alpha value is -2.02. The second kappa shape index (κ2) is 6.83. The Morgan fingerprint density at radius 2 is 2.05 bits per heavy atom. The molecule has 2 aromatic heterocycles. The molecule has 3 rings (SSSR count). The largest absolute Gasteiger partial charge is 0.301 e. The van der Waals surface area contributed by atoms with Crippen LogP contribution in [0.1, 0.15) is 18.5 Å². The molecule has 0 bridgehead atoms. The summed E-state index contributed by atoms with van der Waals surface area (Å²) >= 11 is 0. The van der Waals surface area contributed by atoms with Gasteiger partial charge in [0.2, 0.25) is 0 Å². The summed E-state index contributed by atoms with van der Waals surface area (Å²) in [6, 6.07) is 3.38. The van der Waals surface area contributed by atoms with Gasteiger partial charge in [0, 0.05) is 19.2 Å². The first-order valence-electron chi connectivity index (χ1n) is 7.80. The number of hydrogen-bond donors (Lipinski definition) is 0. The average molecular weight is 302 g/mol. The fourth-order valence-electron chi connectivity index (χ4n) is 2.91. The molecule has 1 aliphatic rings. The second-order valence-corrected chi connectivity index (χ2v) is 5.94. The molecule has 3 heterocycles. The number of likely N-dealkylation sites (tertiary alicyclic amines) is 1. The van der Waals surface area contributed by atoms with Crippen LogP contribution < -0.4 is 5.56 Å². The maximum absolute atomic E-state index is 11.8. The van der Waals surface area contributed by atoms with E-state index in [1.165, 1.54) is 0 Å². The number of aryl methyl sites for hydroxylation is 1. The lowest BCUT2D eigenvalue weighted by molar-refractivity contribution is 0.163. The van der Waals surface area contributed by atoms with Gasteiger partial charge in [-0.25, -0.2) is 9.67 Å². The highest BCUT2D eigenvalue weighted by Crippen LogP contribution is 2.18. The Morgan fingerprint density at radius 3 is 2.77 bits per heavy atom. The van der Waals surface area contributed by atoms with Crippen LogP contribution >= 0.6 is 0 Å². The molecule has 0 spiro atoms. The van der Waals surface area contributed by atoms with Crippen LogP contribution in [-0.2, 0) is 13.1 Å². The van der Waals surface area contributed by atoms with E-state index >= 15 is 0 Å². The number of rotatable bonds is 5. The fourth-order valence-corrected chi connectivity index (χ4v) is 2.91. The van der Waals surface area contributed by atoms with Crippen molar-refractivity contribution in [2.45, 2.75) is 32.9 Å². The van der Waals surface area contributed by atoms with Crippen molar-refractivity contribution in [3.05, 3.63) is 40.8 Å². The van der Waals surface area contributed by atoms with Crippen molar-refractivity contribution in [1.82, 2.24) is 29.4 Å². The van der Waals surface area contributed by atoms with E-state index in [9.17, 15) is 4.79 Å². The maximum Gasteiger partial charge on any atom is 0.266 e. The molecule has 1 saturated heterocycles. The Labute approximate surface area is 129 Å². The van der Waals surface area contributed by atoms with Gasteiger partial charge in [0.25, 0.3) is 5.56 Å². The van der Waals surface area contributed by atoms with E-state index in [0.29, 0.717) is 5.92 Å². The first-order valence-corrected chi connectivity index (χ1v) is 7.80. The summed E-state index contributed by atoms with van der Waals surface area (Å²) in [6.45, 7) is 6.67. The Kier molecular flexibility index (Phi) is 4.62. The molecule has 1 aliphatic heterocycles. The maximum atomic E-state index is 11.8. The molecule has 0 saturated carbocycles. The summed E-state index contributed by atoms with van der Waals surface area (Å²) in [7, 11) is 0. The van der Waals surface area contributed by atoms with Crippen molar-refractivity contribution in [1.29, 1.82) is 0 Å². The molecule has 0 atom stereocenters. The highest BCUT2D eigenvalue weighted by atomic mass is 16.1. The molecule has 0 aliphatic carbocycles. The summed E-state index contributed by atoms with van der Waals surface area (Å²) < 4.78 is 3.48. The molecule has 2 aromatic rings. The minimum absolute atomic E-state index is 0.000730. The zero-order valence-electron chi connectivity index (χ0n) is 12.9. The number of aromatic nitrogens is 5. The highest BCUT2D eigenvalue weighted by Gasteiger charge is 2.20. The van der Waals surface area contributed by atoms with E-state index in [-0.39, 0.29) is 5.56 Å². The normalized spacial score (nSPS) is 17.0. The van der Waals surface area contributed by atoms with Gasteiger partial charge < -0.3 is 4.90 Å². The summed E-state index contributed by atoms with van der Waals surface area (Å²) in [6.07, 6.45) is 5.54. The predicted octanol–water partition coefficient (Wildman–Crippen LogP) is 0.555. The van der Waals surface area contributed by atoms with E-state index in [4.69, 9.17) is 0 Å². The standard InChI is InChI=1S/C15H22N6O/c1-13-2-3-15(22)21(18-13)10-14-4-6-19(7-5-14)8-9-20-12-16-11-17-20/h2-3,11-12,14H,4-10H2,1H3. The van der Waals surface area contributed by atoms with Crippen LogP contribution in [0.2, 0.25) is 0 Å².